The van der Waals surface area contributed by atoms with E-state index in [-0.39, 0.29) is 22.9 Å². The number of fused-ring (bicyclic) bond motifs is 1. The van der Waals surface area contributed by atoms with Gasteiger partial charge in [-0.05, 0) is 25.1 Å². The molecule has 0 aliphatic heterocycles. The van der Waals surface area contributed by atoms with Crippen molar-refractivity contribution in [3.05, 3.63) is 23.9 Å². The highest BCUT2D eigenvalue weighted by Gasteiger charge is 2.23. The van der Waals surface area contributed by atoms with E-state index in [4.69, 9.17) is 4.74 Å². The highest BCUT2D eigenvalue weighted by molar-refractivity contribution is 8.00. The molecule has 0 radical (unpaired) electrons. The van der Waals surface area contributed by atoms with Gasteiger partial charge >= 0.3 is 5.97 Å². The number of hydrogen-bond acceptors (Lipinski definition) is 4. The van der Waals surface area contributed by atoms with Crippen LogP contribution in [0.25, 0.3) is 10.9 Å². The lowest BCUT2D eigenvalue weighted by molar-refractivity contribution is -0.142. The molecule has 22 heavy (non-hydrogen) atoms. The lowest BCUT2D eigenvalue weighted by atomic mass is 10.2. The normalized spacial score (nSPS) is 11.9. The third-order valence-electron chi connectivity index (χ3n) is 3.28. The van der Waals surface area contributed by atoms with Crippen LogP contribution in [0.5, 0.6) is 5.75 Å². The van der Waals surface area contributed by atoms with Gasteiger partial charge in [0.2, 0.25) is 0 Å². The maximum atomic E-state index is 11.9. The number of nitrogens with zero attached hydrogens (tertiary/aromatic N) is 1. The van der Waals surface area contributed by atoms with E-state index >= 15 is 0 Å². The maximum absolute atomic E-state index is 11.9. The van der Waals surface area contributed by atoms with E-state index in [0.717, 1.165) is 21.5 Å². The molecule has 0 atom stereocenters. The molecule has 0 bridgehead atoms. The van der Waals surface area contributed by atoms with Gasteiger partial charge in [0.15, 0.2) is 0 Å². The fraction of sp³-hybridized carbons (Fsp3) is 0.471. The van der Waals surface area contributed by atoms with Crippen LogP contribution in [0.1, 0.15) is 33.4 Å². The molecule has 1 heterocycles. The summed E-state index contributed by atoms with van der Waals surface area (Å²) >= 11 is 1.71. The SMILES string of the molecule is CCOC(=O)Cc1c(SC(C)(C)C)c2cc(O)ccc2n1C. The molecular weight excluding hydrogens is 298 g/mol. The van der Waals surface area contributed by atoms with Crippen LogP contribution in [0, 0.1) is 0 Å². The van der Waals surface area contributed by atoms with Crippen molar-refractivity contribution >= 4 is 28.6 Å². The predicted octanol–water partition coefficient (Wildman–Crippen LogP) is 3.88. The predicted molar refractivity (Wildman–Crippen MR) is 90.5 cm³/mol. The Kier molecular flexibility index (Phi) is 4.75. The molecule has 1 aromatic carbocycles. The molecule has 1 N–H and O–H groups in total. The average molecular weight is 321 g/mol. The Bertz CT molecular complexity index is 698. The Labute approximate surface area is 135 Å². The van der Waals surface area contributed by atoms with Crippen LogP contribution in [0.4, 0.5) is 0 Å². The summed E-state index contributed by atoms with van der Waals surface area (Å²) in [5, 5.41) is 10.8. The number of benzene rings is 1. The lowest BCUT2D eigenvalue weighted by Crippen LogP contribution is -2.13. The second-order valence-electron chi connectivity index (χ2n) is 6.23. The summed E-state index contributed by atoms with van der Waals surface area (Å²) in [6, 6.07) is 5.31. The molecule has 0 fully saturated rings. The lowest BCUT2D eigenvalue weighted by Gasteiger charge is -2.18. The molecule has 2 aromatic rings. The number of phenols is 1. The summed E-state index contributed by atoms with van der Waals surface area (Å²) in [6.45, 7) is 8.59. The molecule has 0 unspecified atom stereocenters. The molecule has 5 heteroatoms. The molecule has 0 spiro atoms. The van der Waals surface area contributed by atoms with Gasteiger partial charge in [0.05, 0.1) is 13.0 Å². The van der Waals surface area contributed by atoms with E-state index in [9.17, 15) is 9.90 Å². The summed E-state index contributed by atoms with van der Waals surface area (Å²) in [4.78, 5) is 13.0. The first kappa shape index (κ1) is 16.7. The monoisotopic (exact) mass is 321 g/mol. The van der Waals surface area contributed by atoms with Crippen molar-refractivity contribution in [3.63, 3.8) is 0 Å². The summed E-state index contributed by atoms with van der Waals surface area (Å²) in [6.07, 6.45) is 0.234. The van der Waals surface area contributed by atoms with Crippen LogP contribution in [0.15, 0.2) is 23.1 Å². The number of ether oxygens (including phenoxy) is 1. The molecule has 0 aliphatic carbocycles. The highest BCUT2D eigenvalue weighted by atomic mass is 32.2. The van der Waals surface area contributed by atoms with Crippen molar-refractivity contribution in [2.24, 2.45) is 7.05 Å². The number of carbonyl (C=O) groups excluding carboxylic acids is 1. The van der Waals surface area contributed by atoms with E-state index in [1.807, 2.05) is 24.6 Å². The Morgan fingerprint density at radius 2 is 2.05 bits per heavy atom. The maximum Gasteiger partial charge on any atom is 0.311 e. The second kappa shape index (κ2) is 6.24. The van der Waals surface area contributed by atoms with E-state index in [0.29, 0.717) is 6.61 Å². The molecule has 0 amide bonds. The van der Waals surface area contributed by atoms with Crippen molar-refractivity contribution in [1.29, 1.82) is 0 Å². The van der Waals surface area contributed by atoms with Gasteiger partial charge in [0.25, 0.3) is 0 Å². The first-order valence-corrected chi connectivity index (χ1v) is 8.19. The molecular formula is C17H23NO3S. The van der Waals surface area contributed by atoms with Crippen LogP contribution < -0.4 is 0 Å². The standard InChI is InChI=1S/C17H23NO3S/c1-6-21-15(20)10-14-16(22-17(2,3)4)12-9-11(19)7-8-13(12)18(14)5/h7-9,19H,6,10H2,1-5H3. The Hall–Kier alpha value is -1.62. The Morgan fingerprint density at radius 1 is 1.36 bits per heavy atom. The van der Waals surface area contributed by atoms with Crippen molar-refractivity contribution < 1.29 is 14.6 Å². The Balaban J connectivity index is 2.59. The number of aromatic nitrogens is 1. The van der Waals surface area contributed by atoms with Crippen LogP contribution in [0.3, 0.4) is 0 Å². The largest absolute Gasteiger partial charge is 0.508 e. The number of hydrogen-bond donors (Lipinski definition) is 1. The summed E-state index contributed by atoms with van der Waals surface area (Å²) < 4.78 is 7.11. The minimum absolute atomic E-state index is 0.00313. The fourth-order valence-corrected chi connectivity index (χ4v) is 3.63. The van der Waals surface area contributed by atoms with Crippen LogP contribution >= 0.6 is 11.8 Å². The minimum atomic E-state index is -0.228. The number of aryl methyl sites for hydroxylation is 1. The third kappa shape index (κ3) is 3.58. The summed E-state index contributed by atoms with van der Waals surface area (Å²) in [5.74, 6) is 0.00457. The second-order valence-corrected chi connectivity index (χ2v) is 8.07. The van der Waals surface area contributed by atoms with Crippen molar-refractivity contribution in [1.82, 2.24) is 4.57 Å². The zero-order chi connectivity index (χ0) is 16.5. The Morgan fingerprint density at radius 3 is 2.64 bits per heavy atom. The highest BCUT2D eigenvalue weighted by Crippen LogP contribution is 2.41. The van der Waals surface area contributed by atoms with Gasteiger partial charge < -0.3 is 14.4 Å². The summed E-state index contributed by atoms with van der Waals surface area (Å²) in [5.41, 5.74) is 1.93. The summed E-state index contributed by atoms with van der Waals surface area (Å²) in [7, 11) is 1.95. The quantitative estimate of drug-likeness (QED) is 0.686. The zero-order valence-corrected chi connectivity index (χ0v) is 14.6. The van der Waals surface area contributed by atoms with Gasteiger partial charge in [-0.1, -0.05) is 20.8 Å². The third-order valence-corrected chi connectivity index (χ3v) is 4.55. The van der Waals surface area contributed by atoms with E-state index in [1.54, 1.807) is 23.9 Å². The van der Waals surface area contributed by atoms with Crippen molar-refractivity contribution in [2.45, 2.75) is 43.8 Å². The van der Waals surface area contributed by atoms with Crippen molar-refractivity contribution in [2.75, 3.05) is 6.61 Å². The van der Waals surface area contributed by atoms with Crippen LogP contribution in [-0.4, -0.2) is 27.0 Å². The van der Waals surface area contributed by atoms with E-state index < -0.39 is 0 Å². The molecule has 1 aromatic heterocycles. The molecule has 0 saturated carbocycles. The smallest absolute Gasteiger partial charge is 0.311 e. The van der Waals surface area contributed by atoms with Crippen molar-refractivity contribution in [3.8, 4) is 5.75 Å². The fourth-order valence-electron chi connectivity index (χ4n) is 2.42. The van der Waals surface area contributed by atoms with Crippen LogP contribution in [0.2, 0.25) is 0 Å². The first-order valence-electron chi connectivity index (χ1n) is 7.38. The van der Waals surface area contributed by atoms with Gasteiger partial charge in [-0.15, -0.1) is 11.8 Å². The van der Waals surface area contributed by atoms with Gasteiger partial charge in [-0.25, -0.2) is 0 Å². The molecule has 0 saturated heterocycles. The topological polar surface area (TPSA) is 51.5 Å². The average Bonchev–Trinajstić information content (AvgIpc) is 2.62. The molecule has 4 nitrogen and oxygen atoms in total. The first-order chi connectivity index (χ1) is 10.2. The van der Waals surface area contributed by atoms with Gasteiger partial charge in [-0.3, -0.25) is 4.79 Å². The van der Waals surface area contributed by atoms with E-state index in [1.165, 1.54) is 0 Å². The number of rotatable bonds is 4. The number of esters is 1. The molecule has 0 aliphatic rings. The van der Waals surface area contributed by atoms with Gasteiger partial charge in [0, 0.05) is 33.3 Å². The number of aromatic hydroxyl groups is 1. The zero-order valence-electron chi connectivity index (χ0n) is 13.8. The number of thioether (sulfide) groups is 1. The van der Waals surface area contributed by atoms with Crippen LogP contribution in [-0.2, 0) is 23.0 Å². The molecule has 120 valence electrons. The number of phenolic OH excluding ortho intramolecular Hbond substituents is 1. The van der Waals surface area contributed by atoms with Gasteiger partial charge in [0.1, 0.15) is 5.75 Å². The minimum Gasteiger partial charge on any atom is -0.508 e. The number of carbonyl (C=O) groups is 1. The molecule has 2 rings (SSSR count). The van der Waals surface area contributed by atoms with Gasteiger partial charge in [-0.2, -0.15) is 0 Å². The van der Waals surface area contributed by atoms with E-state index in [2.05, 4.69) is 20.8 Å².